The van der Waals surface area contributed by atoms with Gasteiger partial charge in [0.15, 0.2) is 6.10 Å². The van der Waals surface area contributed by atoms with E-state index in [0.29, 0.717) is 11.1 Å². The highest BCUT2D eigenvalue weighted by Crippen LogP contribution is 2.36. The number of rotatable bonds is 6. The number of fused-ring (bicyclic) bond motifs is 1. The summed E-state index contributed by atoms with van der Waals surface area (Å²) in [4.78, 5) is 41.0. The summed E-state index contributed by atoms with van der Waals surface area (Å²) in [7, 11) is 0. The van der Waals surface area contributed by atoms with Crippen LogP contribution in [0.1, 0.15) is 19.4 Å². The lowest BCUT2D eigenvalue weighted by atomic mass is 10.0. The molecule has 36 heavy (non-hydrogen) atoms. The molecule has 2 aromatic carbocycles. The molecule has 3 aromatic rings. The van der Waals surface area contributed by atoms with Crippen LogP contribution in [-0.2, 0) is 20.4 Å². The molecule has 3 N–H and O–H groups in total. The molecule has 1 saturated heterocycles. The molecule has 2 atom stereocenters. The smallest absolute Gasteiger partial charge is 0.417 e. The van der Waals surface area contributed by atoms with Crippen molar-refractivity contribution in [3.8, 4) is 11.3 Å². The molecule has 1 fully saturated rings. The van der Waals surface area contributed by atoms with Crippen LogP contribution in [0, 0.1) is 5.92 Å². The summed E-state index contributed by atoms with van der Waals surface area (Å²) in [6, 6.07) is 10.2. The molecule has 11 heteroatoms. The zero-order valence-electron chi connectivity index (χ0n) is 19.5. The number of nitrogens with two attached hydrogens (primary N) is 1. The molecule has 1 aromatic heterocycles. The lowest BCUT2D eigenvalue weighted by molar-refractivity contribution is -0.148. The van der Waals surface area contributed by atoms with E-state index in [1.807, 2.05) is 0 Å². The second kappa shape index (κ2) is 9.65. The molecule has 0 saturated carbocycles. The predicted octanol–water partition coefficient (Wildman–Crippen LogP) is 4.07. The molecule has 1 aliphatic heterocycles. The Bertz CT molecular complexity index is 1370. The number of hydrogen-bond donors (Lipinski definition) is 2. The van der Waals surface area contributed by atoms with Crippen molar-refractivity contribution >= 4 is 28.5 Å². The van der Waals surface area contributed by atoms with Gasteiger partial charge >= 0.3 is 18.2 Å². The molecule has 0 spiro atoms. The number of carbonyl (C=O) groups excluding carboxylic acids is 2. The lowest BCUT2D eigenvalue weighted by Crippen LogP contribution is -2.38. The van der Waals surface area contributed by atoms with Crippen LogP contribution in [0.5, 0.6) is 0 Å². The number of esters is 1. The van der Waals surface area contributed by atoms with Gasteiger partial charge in [-0.1, -0.05) is 38.1 Å². The summed E-state index contributed by atoms with van der Waals surface area (Å²) in [5.41, 5.74) is 4.51. The van der Waals surface area contributed by atoms with E-state index in [-0.39, 0.29) is 35.7 Å². The number of pyridine rings is 1. The van der Waals surface area contributed by atoms with Crippen LogP contribution in [0.25, 0.3) is 22.0 Å². The highest BCUT2D eigenvalue weighted by atomic mass is 19.4. The van der Waals surface area contributed by atoms with Gasteiger partial charge in [0, 0.05) is 22.3 Å². The second-order valence-corrected chi connectivity index (χ2v) is 8.84. The predicted molar refractivity (Wildman–Crippen MR) is 126 cm³/mol. The van der Waals surface area contributed by atoms with Gasteiger partial charge in [-0.3, -0.25) is 14.5 Å². The minimum atomic E-state index is -4.59. The molecule has 4 rings (SSSR count). The Labute approximate surface area is 203 Å². The summed E-state index contributed by atoms with van der Waals surface area (Å²) in [5.74, 6) is -0.710. The molecule has 0 aliphatic carbocycles. The first kappa shape index (κ1) is 25.2. The standard InChI is InChI=1S/C25H24F3N3O5/c1-13(2)21(29)23(33)35-12-16-11-31(24(34)36-16)15-8-7-14-9-20(30-22(32)18(14)10-15)17-5-3-4-6-19(17)25(26,27)28/h3-10,13,16,21H,11-12,29H2,1-2H3,(H,30,32)/t16-,21+/m1/s1. The Kier molecular flexibility index (Phi) is 6.77. The molecule has 0 radical (unpaired) electrons. The average Bonchev–Trinajstić information content (AvgIpc) is 3.21. The summed E-state index contributed by atoms with van der Waals surface area (Å²) in [6.07, 6.45) is -6.00. The normalized spacial score (nSPS) is 16.9. The van der Waals surface area contributed by atoms with Crippen molar-refractivity contribution in [2.24, 2.45) is 11.7 Å². The number of cyclic esters (lactones) is 1. The first-order valence-corrected chi connectivity index (χ1v) is 11.2. The van der Waals surface area contributed by atoms with Crippen molar-refractivity contribution in [3.63, 3.8) is 0 Å². The number of anilines is 1. The van der Waals surface area contributed by atoms with E-state index in [9.17, 15) is 27.6 Å². The number of nitrogens with zero attached hydrogens (tertiary/aromatic N) is 1. The molecule has 1 amide bonds. The van der Waals surface area contributed by atoms with E-state index in [1.54, 1.807) is 26.0 Å². The van der Waals surface area contributed by atoms with Gasteiger partial charge in [0.1, 0.15) is 12.6 Å². The molecule has 2 heterocycles. The number of aromatic nitrogens is 1. The van der Waals surface area contributed by atoms with E-state index in [2.05, 4.69) is 4.98 Å². The third kappa shape index (κ3) is 5.06. The zero-order chi connectivity index (χ0) is 26.2. The van der Waals surface area contributed by atoms with E-state index >= 15 is 0 Å². The van der Waals surface area contributed by atoms with Gasteiger partial charge in [-0.05, 0) is 35.6 Å². The molecule has 0 unspecified atom stereocenters. The third-order valence-corrected chi connectivity index (χ3v) is 5.94. The van der Waals surface area contributed by atoms with Crippen LogP contribution in [0.4, 0.5) is 23.7 Å². The maximum absolute atomic E-state index is 13.4. The van der Waals surface area contributed by atoms with E-state index in [1.165, 1.54) is 35.2 Å². The van der Waals surface area contributed by atoms with Crippen molar-refractivity contribution in [3.05, 3.63) is 64.4 Å². The van der Waals surface area contributed by atoms with Gasteiger partial charge in [-0.15, -0.1) is 0 Å². The van der Waals surface area contributed by atoms with Crippen LogP contribution >= 0.6 is 0 Å². The fraction of sp³-hybridized carbons (Fsp3) is 0.320. The van der Waals surface area contributed by atoms with Crippen LogP contribution < -0.4 is 16.2 Å². The van der Waals surface area contributed by atoms with E-state index in [0.717, 1.165) is 6.07 Å². The van der Waals surface area contributed by atoms with Crippen molar-refractivity contribution in [2.75, 3.05) is 18.1 Å². The van der Waals surface area contributed by atoms with Crippen LogP contribution in [0.15, 0.2) is 53.3 Å². The molecule has 0 bridgehead atoms. The SMILES string of the molecule is CC(C)[C@H](N)C(=O)OC[C@H]1CN(c2ccc3cc(-c4ccccc4C(F)(F)F)[nH]c(=O)c3c2)C(=O)O1. The number of H-pyrrole nitrogens is 1. The van der Waals surface area contributed by atoms with Gasteiger partial charge in [-0.2, -0.15) is 13.2 Å². The maximum Gasteiger partial charge on any atom is 0.417 e. The molecular formula is C25H24F3N3O5. The highest BCUT2D eigenvalue weighted by Gasteiger charge is 2.35. The van der Waals surface area contributed by atoms with E-state index < -0.39 is 41.5 Å². The average molecular weight is 503 g/mol. The molecule has 8 nitrogen and oxygen atoms in total. The third-order valence-electron chi connectivity index (χ3n) is 5.94. The second-order valence-electron chi connectivity index (χ2n) is 8.84. The number of carbonyl (C=O) groups is 2. The Hall–Kier alpha value is -3.86. The van der Waals surface area contributed by atoms with Crippen molar-refractivity contribution in [1.29, 1.82) is 0 Å². The molecular weight excluding hydrogens is 479 g/mol. The molecule has 190 valence electrons. The minimum absolute atomic E-state index is 0.0234. The summed E-state index contributed by atoms with van der Waals surface area (Å²) in [5, 5.41) is 0.585. The number of alkyl halides is 3. The van der Waals surface area contributed by atoms with Crippen molar-refractivity contribution in [1.82, 2.24) is 4.98 Å². The number of nitrogens with one attached hydrogen (secondary N) is 1. The van der Waals surface area contributed by atoms with Crippen molar-refractivity contribution < 1.29 is 32.2 Å². The van der Waals surface area contributed by atoms with Gasteiger partial charge < -0.3 is 20.2 Å². The first-order chi connectivity index (χ1) is 17.0. The number of ether oxygens (including phenoxy) is 2. The van der Waals surface area contributed by atoms with Gasteiger partial charge in [0.25, 0.3) is 5.56 Å². The topological polar surface area (TPSA) is 115 Å². The van der Waals surface area contributed by atoms with Gasteiger partial charge in [0.05, 0.1) is 12.1 Å². The largest absolute Gasteiger partial charge is 0.460 e. The maximum atomic E-state index is 13.4. The summed E-state index contributed by atoms with van der Waals surface area (Å²) >= 11 is 0. The van der Waals surface area contributed by atoms with Gasteiger partial charge in [0.2, 0.25) is 0 Å². The summed E-state index contributed by atoms with van der Waals surface area (Å²) < 4.78 is 50.7. The Morgan fingerprint density at radius 1 is 1.19 bits per heavy atom. The molecule has 1 aliphatic rings. The van der Waals surface area contributed by atoms with Crippen LogP contribution in [0.2, 0.25) is 0 Å². The summed E-state index contributed by atoms with van der Waals surface area (Å²) in [6.45, 7) is 3.46. The first-order valence-electron chi connectivity index (χ1n) is 11.2. The number of halogens is 3. The Balaban J connectivity index is 1.57. The fourth-order valence-corrected chi connectivity index (χ4v) is 3.89. The van der Waals surface area contributed by atoms with Crippen LogP contribution in [-0.4, -0.2) is 42.3 Å². The van der Waals surface area contributed by atoms with Crippen LogP contribution in [0.3, 0.4) is 0 Å². The van der Waals surface area contributed by atoms with Crippen molar-refractivity contribution in [2.45, 2.75) is 32.2 Å². The number of benzene rings is 2. The Morgan fingerprint density at radius 2 is 1.92 bits per heavy atom. The lowest BCUT2D eigenvalue weighted by Gasteiger charge is -2.16. The quantitative estimate of drug-likeness (QED) is 0.490. The highest BCUT2D eigenvalue weighted by molar-refractivity contribution is 5.95. The fourth-order valence-electron chi connectivity index (χ4n) is 3.89. The number of aromatic amines is 1. The zero-order valence-corrected chi connectivity index (χ0v) is 19.5. The monoisotopic (exact) mass is 503 g/mol. The van der Waals surface area contributed by atoms with Gasteiger partial charge in [-0.25, -0.2) is 4.79 Å². The number of hydrogen-bond acceptors (Lipinski definition) is 6. The number of amides is 1. The minimum Gasteiger partial charge on any atom is -0.460 e. The Morgan fingerprint density at radius 3 is 2.61 bits per heavy atom. The van der Waals surface area contributed by atoms with E-state index in [4.69, 9.17) is 15.2 Å².